The Morgan fingerprint density at radius 2 is 2.08 bits per heavy atom. The predicted octanol–water partition coefficient (Wildman–Crippen LogP) is 3.14. The largest absolute Gasteiger partial charge is 0.486 e. The van der Waals surface area contributed by atoms with Gasteiger partial charge < -0.3 is 14.8 Å². The lowest BCUT2D eigenvalue weighted by atomic mass is 10.0. The highest BCUT2D eigenvalue weighted by molar-refractivity contribution is 7.98. The van der Waals surface area contributed by atoms with Crippen molar-refractivity contribution in [3.05, 3.63) is 47.8 Å². The van der Waals surface area contributed by atoms with Gasteiger partial charge in [-0.15, -0.1) is 24.2 Å². The Hall–Kier alpha value is -1.47. The molecule has 7 heteroatoms. The lowest BCUT2D eigenvalue weighted by Gasteiger charge is -2.37. The zero-order valence-electron chi connectivity index (χ0n) is 14.8. The number of pyridine rings is 1. The Morgan fingerprint density at radius 3 is 2.81 bits per heavy atom. The van der Waals surface area contributed by atoms with Crippen LogP contribution in [0.15, 0.2) is 41.6 Å². The van der Waals surface area contributed by atoms with Gasteiger partial charge in [-0.3, -0.25) is 9.88 Å². The van der Waals surface area contributed by atoms with Crippen LogP contribution < -0.4 is 14.8 Å². The van der Waals surface area contributed by atoms with Crippen molar-refractivity contribution in [2.75, 3.05) is 39.1 Å². The molecule has 2 aliphatic heterocycles. The number of ether oxygens (including phenoxy) is 2. The van der Waals surface area contributed by atoms with Gasteiger partial charge in [0.25, 0.3) is 0 Å². The van der Waals surface area contributed by atoms with Gasteiger partial charge in [-0.05, 0) is 35.6 Å². The maximum atomic E-state index is 5.79. The average Bonchev–Trinajstić information content (AvgIpc) is 2.68. The number of hydrogen-bond acceptors (Lipinski definition) is 6. The molecule has 0 spiro atoms. The van der Waals surface area contributed by atoms with E-state index in [4.69, 9.17) is 9.47 Å². The molecule has 5 nitrogen and oxygen atoms in total. The smallest absolute Gasteiger partial charge is 0.162 e. The van der Waals surface area contributed by atoms with Gasteiger partial charge in [0.05, 0.1) is 0 Å². The van der Waals surface area contributed by atoms with E-state index < -0.39 is 0 Å². The summed E-state index contributed by atoms with van der Waals surface area (Å²) in [6, 6.07) is 8.79. The van der Waals surface area contributed by atoms with Crippen LogP contribution in [0.25, 0.3) is 0 Å². The molecule has 1 aromatic heterocycles. The van der Waals surface area contributed by atoms with Crippen molar-refractivity contribution in [1.29, 1.82) is 0 Å². The van der Waals surface area contributed by atoms with Crippen molar-refractivity contribution in [3.8, 4) is 11.5 Å². The van der Waals surface area contributed by atoms with Crippen molar-refractivity contribution >= 4 is 24.2 Å². The van der Waals surface area contributed by atoms with E-state index in [1.165, 1.54) is 16.0 Å². The topological polar surface area (TPSA) is 46.6 Å². The summed E-state index contributed by atoms with van der Waals surface area (Å²) in [6.07, 6.45) is 5.92. The third-order valence-corrected chi connectivity index (χ3v) is 5.56. The monoisotopic (exact) mass is 393 g/mol. The van der Waals surface area contributed by atoms with Crippen LogP contribution in [0.3, 0.4) is 0 Å². The zero-order chi connectivity index (χ0) is 17.1. The Morgan fingerprint density at radius 1 is 1.27 bits per heavy atom. The number of benzene rings is 1. The second-order valence-corrected chi connectivity index (χ2v) is 7.13. The van der Waals surface area contributed by atoms with Crippen LogP contribution in [0.2, 0.25) is 0 Å². The maximum Gasteiger partial charge on any atom is 0.162 e. The fourth-order valence-corrected chi connectivity index (χ4v) is 4.09. The number of piperazine rings is 1. The molecule has 1 atom stereocenters. The molecule has 3 heterocycles. The molecule has 0 amide bonds. The second kappa shape index (κ2) is 8.95. The van der Waals surface area contributed by atoms with Gasteiger partial charge in [0.2, 0.25) is 0 Å². The van der Waals surface area contributed by atoms with Crippen molar-refractivity contribution in [2.45, 2.75) is 17.5 Å². The normalized spacial score (nSPS) is 19.7. The number of nitrogens with zero attached hydrogens (tertiary/aromatic N) is 2. The number of aromatic nitrogens is 1. The molecule has 26 heavy (non-hydrogen) atoms. The van der Waals surface area contributed by atoms with Gasteiger partial charge in [-0.2, -0.15) is 0 Å². The molecule has 1 N–H and O–H groups in total. The molecule has 1 fully saturated rings. The van der Waals surface area contributed by atoms with Gasteiger partial charge >= 0.3 is 0 Å². The van der Waals surface area contributed by atoms with E-state index in [9.17, 15) is 0 Å². The van der Waals surface area contributed by atoms with E-state index in [2.05, 4.69) is 39.7 Å². The minimum Gasteiger partial charge on any atom is -0.486 e. The molecule has 140 valence electrons. The number of rotatable bonds is 4. The molecule has 0 saturated carbocycles. The standard InChI is InChI=1S/C19H23N3O2S.ClH/c1-25-19-10-18-17(23-7-8-24-18)9-15(19)13-22-6-5-21-12-16(22)14-3-2-4-20-11-14;/h2-4,9-11,16,21H,5-8,12-13H2,1H3;1H. The Bertz CT molecular complexity index is 732. The summed E-state index contributed by atoms with van der Waals surface area (Å²) in [5, 5.41) is 3.51. The van der Waals surface area contributed by atoms with Gasteiger partial charge in [-0.25, -0.2) is 0 Å². The molecule has 0 bridgehead atoms. The SMILES string of the molecule is CSc1cc2c(cc1CN1CCNCC1c1cccnc1)OCCO2.Cl. The molecule has 1 saturated heterocycles. The third-order valence-electron chi connectivity index (χ3n) is 4.74. The second-order valence-electron chi connectivity index (χ2n) is 6.28. The molecule has 1 aromatic carbocycles. The van der Waals surface area contributed by atoms with Gasteiger partial charge in [-0.1, -0.05) is 6.07 Å². The van der Waals surface area contributed by atoms with Crippen LogP contribution in [0, 0.1) is 0 Å². The van der Waals surface area contributed by atoms with E-state index in [1.54, 1.807) is 11.8 Å². The first kappa shape index (κ1) is 19.3. The summed E-state index contributed by atoms with van der Waals surface area (Å²) in [4.78, 5) is 8.08. The van der Waals surface area contributed by atoms with Crippen LogP contribution in [0.5, 0.6) is 11.5 Å². The van der Waals surface area contributed by atoms with Gasteiger partial charge in [0.1, 0.15) is 13.2 Å². The van der Waals surface area contributed by atoms with Crippen molar-refractivity contribution < 1.29 is 9.47 Å². The van der Waals surface area contributed by atoms with Gasteiger partial charge in [0, 0.05) is 49.5 Å². The molecular formula is C19H24ClN3O2S. The first-order valence-corrected chi connectivity index (χ1v) is 9.89. The quantitative estimate of drug-likeness (QED) is 0.805. The van der Waals surface area contributed by atoms with Gasteiger partial charge in [0.15, 0.2) is 11.5 Å². The Balaban J connectivity index is 0.00000196. The third kappa shape index (κ3) is 4.09. The zero-order valence-corrected chi connectivity index (χ0v) is 16.4. The van der Waals surface area contributed by atoms with Crippen LogP contribution in [0.4, 0.5) is 0 Å². The fourth-order valence-electron chi connectivity index (χ4n) is 3.48. The highest BCUT2D eigenvalue weighted by atomic mass is 35.5. The highest BCUT2D eigenvalue weighted by Gasteiger charge is 2.25. The number of halogens is 1. The van der Waals surface area contributed by atoms with Crippen molar-refractivity contribution in [3.63, 3.8) is 0 Å². The number of fused-ring (bicyclic) bond motifs is 1. The fraction of sp³-hybridized carbons (Fsp3) is 0.421. The summed E-state index contributed by atoms with van der Waals surface area (Å²) in [6.45, 7) is 5.12. The molecule has 4 rings (SSSR count). The molecule has 1 unspecified atom stereocenters. The van der Waals surface area contributed by atoms with E-state index in [0.29, 0.717) is 19.3 Å². The lowest BCUT2D eigenvalue weighted by molar-refractivity contribution is 0.150. The summed E-state index contributed by atoms with van der Waals surface area (Å²) >= 11 is 1.76. The van der Waals surface area contributed by atoms with Crippen LogP contribution in [-0.4, -0.2) is 49.0 Å². The number of thioether (sulfide) groups is 1. The molecule has 0 aliphatic carbocycles. The highest BCUT2D eigenvalue weighted by Crippen LogP contribution is 2.38. The first-order chi connectivity index (χ1) is 12.3. The van der Waals surface area contributed by atoms with E-state index in [1.807, 2.05) is 18.5 Å². The van der Waals surface area contributed by atoms with Crippen LogP contribution in [0.1, 0.15) is 17.2 Å². The van der Waals surface area contributed by atoms with Crippen molar-refractivity contribution in [1.82, 2.24) is 15.2 Å². The number of nitrogens with one attached hydrogen (secondary N) is 1. The van der Waals surface area contributed by atoms with Crippen molar-refractivity contribution in [2.24, 2.45) is 0 Å². The minimum atomic E-state index is 0. The number of hydrogen-bond donors (Lipinski definition) is 1. The summed E-state index contributed by atoms with van der Waals surface area (Å²) in [5.74, 6) is 1.73. The van der Waals surface area contributed by atoms with Crippen LogP contribution in [-0.2, 0) is 6.54 Å². The predicted molar refractivity (Wildman–Crippen MR) is 107 cm³/mol. The summed E-state index contributed by atoms with van der Waals surface area (Å²) in [5.41, 5.74) is 2.56. The average molecular weight is 394 g/mol. The molecule has 2 aliphatic rings. The first-order valence-electron chi connectivity index (χ1n) is 8.66. The maximum absolute atomic E-state index is 5.79. The molecule has 0 radical (unpaired) electrons. The van der Waals surface area contributed by atoms with E-state index in [0.717, 1.165) is 37.7 Å². The Labute approximate surface area is 164 Å². The Kier molecular flexibility index (Phi) is 6.64. The van der Waals surface area contributed by atoms with E-state index >= 15 is 0 Å². The molecule has 2 aromatic rings. The van der Waals surface area contributed by atoms with Crippen LogP contribution >= 0.6 is 24.2 Å². The minimum absolute atomic E-state index is 0. The lowest BCUT2D eigenvalue weighted by Crippen LogP contribution is -2.45. The molecular weight excluding hydrogens is 370 g/mol. The summed E-state index contributed by atoms with van der Waals surface area (Å²) in [7, 11) is 0. The van der Waals surface area contributed by atoms with E-state index in [-0.39, 0.29) is 12.4 Å². The summed E-state index contributed by atoms with van der Waals surface area (Å²) < 4.78 is 11.5.